The van der Waals surface area contributed by atoms with Crippen LogP contribution in [-0.2, 0) is 11.2 Å². The number of aliphatic hydroxyl groups is 1. The van der Waals surface area contributed by atoms with Gasteiger partial charge in [0.2, 0.25) is 0 Å². The molecule has 1 aromatic carbocycles. The third kappa shape index (κ3) is 3.01. The monoisotopic (exact) mass is 251 g/mol. The summed E-state index contributed by atoms with van der Waals surface area (Å²) >= 11 is 1.86. The zero-order valence-electron chi connectivity index (χ0n) is 10.1. The number of thioether (sulfide) groups is 1. The van der Waals surface area contributed by atoms with E-state index in [0.717, 1.165) is 12.1 Å². The molecule has 4 heteroatoms. The predicted molar refractivity (Wildman–Crippen MR) is 70.4 cm³/mol. The van der Waals surface area contributed by atoms with Crippen LogP contribution in [0.2, 0.25) is 0 Å². The molecule has 1 heterocycles. The molecule has 0 saturated carbocycles. The minimum Gasteiger partial charge on any atom is -0.381 e. The Hall–Kier alpha value is -1.00. The minimum absolute atomic E-state index is 0.374. The van der Waals surface area contributed by atoms with Crippen molar-refractivity contribution in [2.24, 2.45) is 0 Å². The van der Waals surface area contributed by atoms with Crippen molar-refractivity contribution in [3.8, 4) is 0 Å². The molecule has 1 aromatic rings. The fourth-order valence-corrected chi connectivity index (χ4v) is 2.74. The number of hydrogen-bond acceptors (Lipinski definition) is 3. The molecule has 0 unspecified atom stereocenters. The van der Waals surface area contributed by atoms with Crippen LogP contribution >= 0.6 is 11.8 Å². The average molecular weight is 251 g/mol. The third-order valence-corrected chi connectivity index (χ3v) is 3.92. The smallest absolute Gasteiger partial charge is 0.255 e. The Labute approximate surface area is 106 Å². The topological polar surface area (TPSA) is 49.3 Å². The van der Waals surface area contributed by atoms with Gasteiger partial charge in [-0.1, -0.05) is 0 Å². The molecule has 92 valence electrons. The molecule has 0 atom stereocenters. The van der Waals surface area contributed by atoms with Gasteiger partial charge in [0.15, 0.2) is 0 Å². The number of anilines is 1. The van der Waals surface area contributed by atoms with Crippen LogP contribution in [0, 0.1) is 0 Å². The maximum absolute atomic E-state index is 11.6. The minimum atomic E-state index is -1.34. The molecule has 2 rings (SSSR count). The molecule has 1 amide bonds. The molecular formula is C13H17NO2S. The average Bonchev–Trinajstić information content (AvgIpc) is 2.27. The molecule has 0 spiro atoms. The van der Waals surface area contributed by atoms with Crippen LogP contribution in [0.15, 0.2) is 23.1 Å². The van der Waals surface area contributed by atoms with Gasteiger partial charge in [-0.15, -0.1) is 11.8 Å². The first-order valence-corrected chi connectivity index (χ1v) is 6.75. The summed E-state index contributed by atoms with van der Waals surface area (Å²) in [5, 5.41) is 12.3. The van der Waals surface area contributed by atoms with Gasteiger partial charge in [-0.05, 0) is 56.2 Å². The van der Waals surface area contributed by atoms with Crippen molar-refractivity contribution < 1.29 is 9.90 Å². The van der Waals surface area contributed by atoms with Crippen molar-refractivity contribution in [1.29, 1.82) is 0 Å². The highest BCUT2D eigenvalue weighted by Gasteiger charge is 2.23. The molecule has 0 saturated heterocycles. The lowest BCUT2D eigenvalue weighted by Crippen LogP contribution is -2.36. The van der Waals surface area contributed by atoms with Crippen LogP contribution in [0.25, 0.3) is 0 Å². The van der Waals surface area contributed by atoms with Crippen molar-refractivity contribution in [2.45, 2.75) is 37.2 Å². The van der Waals surface area contributed by atoms with Gasteiger partial charge < -0.3 is 10.4 Å². The van der Waals surface area contributed by atoms with E-state index in [4.69, 9.17) is 0 Å². The third-order valence-electron chi connectivity index (χ3n) is 2.72. The summed E-state index contributed by atoms with van der Waals surface area (Å²) in [5.74, 6) is 0.795. The largest absolute Gasteiger partial charge is 0.381 e. The van der Waals surface area contributed by atoms with E-state index < -0.39 is 5.60 Å². The molecule has 0 aromatic heterocycles. The zero-order chi connectivity index (χ0) is 12.5. The Balaban J connectivity index is 2.15. The Kier molecular flexibility index (Phi) is 3.45. The second kappa shape index (κ2) is 4.70. The second-order valence-corrected chi connectivity index (χ2v) is 5.92. The van der Waals surface area contributed by atoms with Gasteiger partial charge in [0.1, 0.15) is 5.60 Å². The van der Waals surface area contributed by atoms with Gasteiger partial charge in [-0.2, -0.15) is 0 Å². The lowest BCUT2D eigenvalue weighted by molar-refractivity contribution is -0.130. The molecule has 0 bridgehead atoms. The first-order valence-electron chi connectivity index (χ1n) is 5.76. The first-order chi connectivity index (χ1) is 7.97. The highest BCUT2D eigenvalue weighted by molar-refractivity contribution is 7.99. The molecule has 1 aliphatic heterocycles. The SMILES string of the molecule is CC(C)(O)C(=O)Nc1ccc2c(c1)CCCS2. The number of carbonyl (C=O) groups is 1. The maximum atomic E-state index is 11.6. The standard InChI is InChI=1S/C13H17NO2S/c1-13(2,16)12(15)14-10-5-6-11-9(8-10)4-3-7-17-11/h5-6,8,16H,3-4,7H2,1-2H3,(H,14,15). The quantitative estimate of drug-likeness (QED) is 0.848. The zero-order valence-corrected chi connectivity index (χ0v) is 10.9. The Morgan fingerprint density at radius 1 is 1.47 bits per heavy atom. The van der Waals surface area contributed by atoms with Crippen molar-refractivity contribution in [3.05, 3.63) is 23.8 Å². The number of nitrogens with one attached hydrogen (secondary N) is 1. The van der Waals surface area contributed by atoms with Crippen LogP contribution in [0.4, 0.5) is 5.69 Å². The fourth-order valence-electron chi connectivity index (χ4n) is 1.72. The number of fused-ring (bicyclic) bond motifs is 1. The summed E-state index contributed by atoms with van der Waals surface area (Å²) in [6.45, 7) is 2.97. The maximum Gasteiger partial charge on any atom is 0.255 e. The number of aryl methyl sites for hydroxylation is 1. The van der Waals surface area contributed by atoms with Crippen molar-refractivity contribution in [1.82, 2.24) is 0 Å². The Morgan fingerprint density at radius 3 is 2.94 bits per heavy atom. The molecule has 0 aliphatic carbocycles. The summed E-state index contributed by atoms with van der Waals surface area (Å²) in [5.41, 5.74) is 0.707. The fraction of sp³-hybridized carbons (Fsp3) is 0.462. The number of rotatable bonds is 2. The van der Waals surface area contributed by atoms with Gasteiger partial charge in [0.25, 0.3) is 5.91 Å². The van der Waals surface area contributed by atoms with Crippen LogP contribution in [0.5, 0.6) is 0 Å². The van der Waals surface area contributed by atoms with Crippen LogP contribution in [0.1, 0.15) is 25.8 Å². The van der Waals surface area contributed by atoms with Crippen molar-refractivity contribution in [2.75, 3.05) is 11.1 Å². The molecule has 3 nitrogen and oxygen atoms in total. The normalized spacial score (nSPS) is 15.2. The molecular weight excluding hydrogens is 234 g/mol. The van der Waals surface area contributed by atoms with E-state index in [2.05, 4.69) is 5.32 Å². The van der Waals surface area contributed by atoms with Gasteiger partial charge >= 0.3 is 0 Å². The van der Waals surface area contributed by atoms with Gasteiger partial charge in [0, 0.05) is 10.6 Å². The summed E-state index contributed by atoms with van der Waals surface area (Å²) in [7, 11) is 0. The van der Waals surface area contributed by atoms with Crippen molar-refractivity contribution >= 4 is 23.4 Å². The Morgan fingerprint density at radius 2 is 2.24 bits per heavy atom. The van der Waals surface area contributed by atoms with E-state index in [9.17, 15) is 9.90 Å². The Bertz CT molecular complexity index is 438. The van der Waals surface area contributed by atoms with E-state index in [1.54, 1.807) is 0 Å². The van der Waals surface area contributed by atoms with Crippen molar-refractivity contribution in [3.63, 3.8) is 0 Å². The lowest BCUT2D eigenvalue weighted by Gasteiger charge is -2.19. The second-order valence-electron chi connectivity index (χ2n) is 4.79. The van der Waals surface area contributed by atoms with Crippen LogP contribution in [0.3, 0.4) is 0 Å². The molecule has 2 N–H and O–H groups in total. The number of benzene rings is 1. The molecule has 0 radical (unpaired) electrons. The molecule has 17 heavy (non-hydrogen) atoms. The van der Waals surface area contributed by atoms with E-state index in [1.165, 1.54) is 36.5 Å². The first kappa shape index (κ1) is 12.5. The van der Waals surface area contributed by atoms with Gasteiger partial charge in [0.05, 0.1) is 0 Å². The van der Waals surface area contributed by atoms with E-state index >= 15 is 0 Å². The van der Waals surface area contributed by atoms with Crippen LogP contribution < -0.4 is 5.32 Å². The molecule has 1 aliphatic rings. The van der Waals surface area contributed by atoms with E-state index in [1.807, 2.05) is 30.0 Å². The van der Waals surface area contributed by atoms with E-state index in [0.29, 0.717) is 0 Å². The number of hydrogen-bond donors (Lipinski definition) is 2. The molecule has 0 fully saturated rings. The highest BCUT2D eigenvalue weighted by atomic mass is 32.2. The van der Waals surface area contributed by atoms with Crippen LogP contribution in [-0.4, -0.2) is 22.4 Å². The summed E-state index contributed by atoms with van der Waals surface area (Å²) in [6.07, 6.45) is 2.25. The van der Waals surface area contributed by atoms with E-state index in [-0.39, 0.29) is 5.91 Å². The lowest BCUT2D eigenvalue weighted by atomic mass is 10.1. The number of carbonyl (C=O) groups excluding carboxylic acids is 1. The predicted octanol–water partition coefficient (Wildman–Crippen LogP) is 2.43. The van der Waals surface area contributed by atoms with Gasteiger partial charge in [-0.25, -0.2) is 0 Å². The summed E-state index contributed by atoms with van der Waals surface area (Å²) < 4.78 is 0. The highest BCUT2D eigenvalue weighted by Crippen LogP contribution is 2.31. The summed E-state index contributed by atoms with van der Waals surface area (Å²) in [6, 6.07) is 5.94. The van der Waals surface area contributed by atoms with Gasteiger partial charge in [-0.3, -0.25) is 4.79 Å². The summed E-state index contributed by atoms with van der Waals surface area (Å²) in [4.78, 5) is 12.9. The number of amides is 1.